The van der Waals surface area contributed by atoms with E-state index >= 15 is 0 Å². The van der Waals surface area contributed by atoms with Gasteiger partial charge in [0, 0.05) is 26.2 Å². The first-order valence-electron chi connectivity index (χ1n) is 9.68. The lowest BCUT2D eigenvalue weighted by molar-refractivity contribution is -0.145. The van der Waals surface area contributed by atoms with Gasteiger partial charge in [-0.15, -0.1) is 0 Å². The number of hydrogen-bond acceptors (Lipinski definition) is 2. The number of likely N-dealkylation sites (tertiary alicyclic amines) is 2. The molecular formula is C21H30N2O2. The lowest BCUT2D eigenvalue weighted by Crippen LogP contribution is -2.48. The minimum Gasteiger partial charge on any atom is -0.341 e. The van der Waals surface area contributed by atoms with Gasteiger partial charge in [0.1, 0.15) is 5.92 Å². The molecule has 0 radical (unpaired) electrons. The Bertz CT molecular complexity index is 567. The molecule has 0 N–H and O–H groups in total. The van der Waals surface area contributed by atoms with Crippen molar-refractivity contribution < 1.29 is 9.59 Å². The molecule has 0 aliphatic carbocycles. The van der Waals surface area contributed by atoms with Crippen LogP contribution in [0, 0.1) is 11.8 Å². The van der Waals surface area contributed by atoms with Gasteiger partial charge in [0.05, 0.1) is 0 Å². The summed E-state index contributed by atoms with van der Waals surface area (Å²) in [6.07, 6.45) is 4.39. The number of rotatable bonds is 3. The summed E-state index contributed by atoms with van der Waals surface area (Å²) in [4.78, 5) is 30.4. The molecule has 0 spiro atoms. The highest BCUT2D eigenvalue weighted by molar-refractivity contribution is 6.05. The van der Waals surface area contributed by atoms with Crippen LogP contribution in [0.5, 0.6) is 0 Å². The lowest BCUT2D eigenvalue weighted by Gasteiger charge is -2.37. The lowest BCUT2D eigenvalue weighted by atomic mass is 9.91. The van der Waals surface area contributed by atoms with Gasteiger partial charge >= 0.3 is 0 Å². The van der Waals surface area contributed by atoms with Crippen molar-refractivity contribution in [3.63, 3.8) is 0 Å². The number of nitrogens with zero attached hydrogens (tertiary/aromatic N) is 2. The van der Waals surface area contributed by atoms with E-state index in [2.05, 4.69) is 13.8 Å². The van der Waals surface area contributed by atoms with Gasteiger partial charge in [-0.2, -0.15) is 0 Å². The number of carbonyl (C=O) groups is 2. The summed E-state index contributed by atoms with van der Waals surface area (Å²) in [5, 5.41) is 0. The molecule has 4 heteroatoms. The van der Waals surface area contributed by atoms with E-state index in [0.29, 0.717) is 11.8 Å². The average molecular weight is 342 g/mol. The van der Waals surface area contributed by atoms with E-state index in [9.17, 15) is 9.59 Å². The van der Waals surface area contributed by atoms with E-state index in [-0.39, 0.29) is 11.8 Å². The van der Waals surface area contributed by atoms with Crippen LogP contribution in [0.4, 0.5) is 0 Å². The third kappa shape index (κ3) is 4.23. The molecule has 0 saturated carbocycles. The summed E-state index contributed by atoms with van der Waals surface area (Å²) < 4.78 is 0. The molecule has 0 aromatic heterocycles. The Morgan fingerprint density at radius 2 is 1.36 bits per heavy atom. The van der Waals surface area contributed by atoms with Gasteiger partial charge in [0.25, 0.3) is 0 Å². The summed E-state index contributed by atoms with van der Waals surface area (Å²) in [7, 11) is 0. The molecule has 2 aliphatic rings. The number of piperidine rings is 2. The molecule has 0 bridgehead atoms. The Hall–Kier alpha value is -1.84. The fourth-order valence-electron chi connectivity index (χ4n) is 4.18. The Balaban J connectivity index is 1.84. The normalized spacial score (nSPS) is 25.5. The van der Waals surface area contributed by atoms with Crippen LogP contribution in [0.2, 0.25) is 0 Å². The van der Waals surface area contributed by atoms with E-state index in [1.165, 1.54) is 0 Å². The first-order valence-corrected chi connectivity index (χ1v) is 9.68. The first kappa shape index (κ1) is 18.0. The van der Waals surface area contributed by atoms with Crippen LogP contribution < -0.4 is 0 Å². The van der Waals surface area contributed by atoms with E-state index in [1.807, 2.05) is 40.1 Å². The maximum absolute atomic E-state index is 13.3. The fraction of sp³-hybridized carbons (Fsp3) is 0.619. The summed E-state index contributed by atoms with van der Waals surface area (Å²) in [5.41, 5.74) is 0.828. The summed E-state index contributed by atoms with van der Waals surface area (Å²) in [6, 6.07) is 9.60. The molecule has 1 aromatic carbocycles. The Morgan fingerprint density at radius 1 is 0.880 bits per heavy atom. The Labute approximate surface area is 151 Å². The Kier molecular flexibility index (Phi) is 5.77. The zero-order valence-corrected chi connectivity index (χ0v) is 15.5. The average Bonchev–Trinajstić information content (AvgIpc) is 2.62. The highest BCUT2D eigenvalue weighted by atomic mass is 16.2. The molecule has 136 valence electrons. The SMILES string of the molecule is CC1CCCN(C(=O)C(C(=O)N2CCCC(C)C2)c2ccccc2)C1. The monoisotopic (exact) mass is 342 g/mol. The van der Waals surface area contributed by atoms with Crippen molar-refractivity contribution in [2.75, 3.05) is 26.2 Å². The van der Waals surface area contributed by atoms with E-state index in [1.54, 1.807) is 0 Å². The molecule has 2 saturated heterocycles. The Morgan fingerprint density at radius 3 is 1.80 bits per heavy atom. The van der Waals surface area contributed by atoms with Crippen molar-refractivity contribution in [1.82, 2.24) is 9.80 Å². The van der Waals surface area contributed by atoms with Crippen molar-refractivity contribution in [3.05, 3.63) is 35.9 Å². The van der Waals surface area contributed by atoms with Crippen molar-refractivity contribution >= 4 is 11.8 Å². The molecule has 2 unspecified atom stereocenters. The van der Waals surface area contributed by atoms with E-state index in [0.717, 1.165) is 57.4 Å². The zero-order valence-electron chi connectivity index (χ0n) is 15.5. The van der Waals surface area contributed by atoms with Gasteiger partial charge in [-0.3, -0.25) is 9.59 Å². The standard InChI is InChI=1S/C21H30N2O2/c1-16-8-6-12-22(14-16)20(24)19(18-10-4-3-5-11-18)21(25)23-13-7-9-17(2)15-23/h3-5,10-11,16-17,19H,6-9,12-15H2,1-2H3. The molecule has 2 atom stereocenters. The molecule has 1 aromatic rings. The second-order valence-corrected chi connectivity index (χ2v) is 7.91. The molecule has 2 aliphatic heterocycles. The molecular weight excluding hydrogens is 312 g/mol. The second-order valence-electron chi connectivity index (χ2n) is 7.91. The third-order valence-electron chi connectivity index (χ3n) is 5.56. The van der Waals surface area contributed by atoms with Crippen molar-refractivity contribution in [3.8, 4) is 0 Å². The molecule has 25 heavy (non-hydrogen) atoms. The van der Waals surface area contributed by atoms with E-state index in [4.69, 9.17) is 0 Å². The molecule has 3 rings (SSSR count). The van der Waals surface area contributed by atoms with Crippen molar-refractivity contribution in [2.45, 2.75) is 45.4 Å². The summed E-state index contributed by atoms with van der Waals surface area (Å²) in [6.45, 7) is 7.46. The van der Waals surface area contributed by atoms with Crippen LogP contribution in [0.3, 0.4) is 0 Å². The number of amides is 2. The summed E-state index contributed by atoms with van der Waals surface area (Å²) in [5.74, 6) is 0.317. The largest absolute Gasteiger partial charge is 0.341 e. The van der Waals surface area contributed by atoms with Gasteiger partial charge in [0.2, 0.25) is 11.8 Å². The second kappa shape index (κ2) is 8.03. The third-order valence-corrected chi connectivity index (χ3v) is 5.56. The molecule has 4 nitrogen and oxygen atoms in total. The predicted molar refractivity (Wildman–Crippen MR) is 99.1 cm³/mol. The van der Waals surface area contributed by atoms with Gasteiger partial charge < -0.3 is 9.80 Å². The summed E-state index contributed by atoms with van der Waals surface area (Å²) >= 11 is 0. The van der Waals surface area contributed by atoms with Crippen molar-refractivity contribution in [1.29, 1.82) is 0 Å². The first-order chi connectivity index (χ1) is 12.1. The fourth-order valence-corrected chi connectivity index (χ4v) is 4.18. The van der Waals surface area contributed by atoms with Gasteiger partial charge in [-0.05, 0) is 43.1 Å². The van der Waals surface area contributed by atoms with Crippen LogP contribution in [-0.4, -0.2) is 47.8 Å². The smallest absolute Gasteiger partial charge is 0.239 e. The minimum atomic E-state index is -0.684. The molecule has 2 fully saturated rings. The topological polar surface area (TPSA) is 40.6 Å². The van der Waals surface area contributed by atoms with E-state index < -0.39 is 5.92 Å². The number of benzene rings is 1. The minimum absolute atomic E-state index is 0.0130. The maximum Gasteiger partial charge on any atom is 0.239 e. The van der Waals surface area contributed by atoms with Crippen molar-refractivity contribution in [2.24, 2.45) is 11.8 Å². The van der Waals surface area contributed by atoms with Crippen LogP contribution in [0.1, 0.15) is 51.0 Å². The van der Waals surface area contributed by atoms with Gasteiger partial charge in [-0.25, -0.2) is 0 Å². The highest BCUT2D eigenvalue weighted by Crippen LogP contribution is 2.27. The van der Waals surface area contributed by atoms with Gasteiger partial charge in [0.15, 0.2) is 0 Å². The zero-order chi connectivity index (χ0) is 17.8. The van der Waals surface area contributed by atoms with Crippen LogP contribution >= 0.6 is 0 Å². The highest BCUT2D eigenvalue weighted by Gasteiger charge is 2.37. The molecule has 2 amide bonds. The quantitative estimate of drug-likeness (QED) is 0.791. The van der Waals surface area contributed by atoms with Crippen LogP contribution in [0.15, 0.2) is 30.3 Å². The molecule has 2 heterocycles. The number of carbonyl (C=O) groups excluding carboxylic acids is 2. The number of hydrogen-bond donors (Lipinski definition) is 0. The van der Waals surface area contributed by atoms with Crippen LogP contribution in [-0.2, 0) is 9.59 Å². The predicted octanol–water partition coefficient (Wildman–Crippen LogP) is 3.29. The van der Waals surface area contributed by atoms with Gasteiger partial charge in [-0.1, -0.05) is 44.2 Å². The maximum atomic E-state index is 13.3. The van der Waals surface area contributed by atoms with Crippen LogP contribution in [0.25, 0.3) is 0 Å².